The summed E-state index contributed by atoms with van der Waals surface area (Å²) in [4.78, 5) is 0. The van der Waals surface area contributed by atoms with Crippen LogP contribution in [0.25, 0.3) is 0 Å². The molecule has 0 radical (unpaired) electrons. The summed E-state index contributed by atoms with van der Waals surface area (Å²) in [6, 6.07) is 2.41. The van der Waals surface area contributed by atoms with Gasteiger partial charge >= 0.3 is 0 Å². The Morgan fingerprint density at radius 1 is 1.33 bits per heavy atom. The first-order valence-electron chi connectivity index (χ1n) is 6.90. The summed E-state index contributed by atoms with van der Waals surface area (Å²) in [6.45, 7) is 2.24. The molecule has 1 aliphatic heterocycles. The van der Waals surface area contributed by atoms with Crippen LogP contribution in [0.5, 0.6) is 5.75 Å². The highest BCUT2D eigenvalue weighted by Gasteiger charge is 2.25. The number of halogens is 1. The molecule has 1 aliphatic carbocycles. The van der Waals surface area contributed by atoms with E-state index in [1.807, 2.05) is 0 Å². The lowest BCUT2D eigenvalue weighted by Crippen LogP contribution is -2.28. The lowest BCUT2D eigenvalue weighted by molar-refractivity contribution is 0.389. The predicted molar refractivity (Wildman–Crippen MR) is 77.6 cm³/mol. The molecule has 0 amide bonds. The Morgan fingerprint density at radius 2 is 2.22 bits per heavy atom. The van der Waals surface area contributed by atoms with Crippen LogP contribution in [-0.2, 0) is 12.8 Å². The molecule has 3 heteroatoms. The van der Waals surface area contributed by atoms with Gasteiger partial charge in [0.15, 0.2) is 0 Å². The van der Waals surface area contributed by atoms with E-state index >= 15 is 0 Å². The topological polar surface area (TPSA) is 21.3 Å². The number of hydrogen-bond donors (Lipinski definition) is 1. The second-order valence-electron chi connectivity index (χ2n) is 5.35. The monoisotopic (exact) mass is 309 g/mol. The van der Waals surface area contributed by atoms with E-state index in [0.717, 1.165) is 18.8 Å². The summed E-state index contributed by atoms with van der Waals surface area (Å²) < 4.78 is 6.89. The van der Waals surface area contributed by atoms with Crippen LogP contribution in [0.4, 0.5) is 0 Å². The Morgan fingerprint density at radius 3 is 2.94 bits per heavy atom. The first kappa shape index (κ1) is 12.5. The van der Waals surface area contributed by atoms with Crippen molar-refractivity contribution in [2.75, 3.05) is 20.2 Å². The van der Waals surface area contributed by atoms with Crippen LogP contribution in [0.15, 0.2) is 10.5 Å². The van der Waals surface area contributed by atoms with Gasteiger partial charge in [-0.15, -0.1) is 0 Å². The summed E-state index contributed by atoms with van der Waals surface area (Å²) in [5.41, 5.74) is 4.40. The summed E-state index contributed by atoms with van der Waals surface area (Å²) in [5.74, 6) is 1.68. The fraction of sp³-hybridized carbons (Fsp3) is 0.600. The van der Waals surface area contributed by atoms with Crippen molar-refractivity contribution >= 4 is 15.9 Å². The molecule has 1 N–H and O–H groups in total. The van der Waals surface area contributed by atoms with Gasteiger partial charge in [0, 0.05) is 12.5 Å². The van der Waals surface area contributed by atoms with E-state index in [9.17, 15) is 0 Å². The van der Waals surface area contributed by atoms with E-state index in [1.54, 1.807) is 7.11 Å². The number of fused-ring (bicyclic) bond motifs is 1. The maximum Gasteiger partial charge on any atom is 0.136 e. The highest BCUT2D eigenvalue weighted by Crippen LogP contribution is 2.43. The molecule has 1 heterocycles. The third kappa shape index (κ3) is 2.08. The number of piperidine rings is 1. The Balaban J connectivity index is 2.04. The minimum atomic E-state index is 0.607. The molecule has 1 saturated heterocycles. The minimum Gasteiger partial charge on any atom is -0.495 e. The van der Waals surface area contributed by atoms with Gasteiger partial charge in [-0.1, -0.05) is 6.07 Å². The standard InChI is InChI=1S/C15H20BrNO/c1-18-15-13(11-5-3-7-17-9-11)8-10-4-2-6-12(10)14(15)16/h8,11,17H,2-7,9H2,1H3. The van der Waals surface area contributed by atoms with Crippen LogP contribution in [0.1, 0.15) is 41.9 Å². The molecule has 2 nitrogen and oxygen atoms in total. The molecule has 0 saturated carbocycles. The van der Waals surface area contributed by atoms with Gasteiger partial charge in [0.25, 0.3) is 0 Å². The van der Waals surface area contributed by atoms with Crippen LogP contribution >= 0.6 is 15.9 Å². The Labute approximate surface area is 117 Å². The predicted octanol–water partition coefficient (Wildman–Crippen LogP) is 3.41. The van der Waals surface area contributed by atoms with Gasteiger partial charge in [-0.25, -0.2) is 0 Å². The zero-order chi connectivity index (χ0) is 12.5. The Hall–Kier alpha value is -0.540. The number of rotatable bonds is 2. The average molecular weight is 310 g/mol. The average Bonchev–Trinajstić information content (AvgIpc) is 2.88. The van der Waals surface area contributed by atoms with E-state index < -0.39 is 0 Å². The van der Waals surface area contributed by atoms with Crippen molar-refractivity contribution in [3.05, 3.63) is 27.2 Å². The molecule has 2 aliphatic rings. The molecule has 18 heavy (non-hydrogen) atoms. The Kier molecular flexibility index (Phi) is 3.62. The molecular formula is C15H20BrNO. The summed E-state index contributed by atoms with van der Waals surface area (Å²) in [5, 5.41) is 3.50. The number of methoxy groups -OCH3 is 1. The molecule has 98 valence electrons. The number of aryl methyl sites for hydroxylation is 1. The second-order valence-corrected chi connectivity index (χ2v) is 6.14. The molecule has 1 fully saturated rings. The van der Waals surface area contributed by atoms with E-state index in [0.29, 0.717) is 5.92 Å². The highest BCUT2D eigenvalue weighted by atomic mass is 79.9. The normalized spacial score (nSPS) is 22.9. The molecule has 3 rings (SSSR count). The smallest absolute Gasteiger partial charge is 0.136 e. The van der Waals surface area contributed by atoms with Gasteiger partial charge in [0.05, 0.1) is 11.6 Å². The largest absolute Gasteiger partial charge is 0.495 e. The van der Waals surface area contributed by atoms with Gasteiger partial charge in [-0.05, 0) is 71.3 Å². The Bertz CT molecular complexity index is 452. The number of nitrogens with one attached hydrogen (secondary N) is 1. The van der Waals surface area contributed by atoms with Crippen molar-refractivity contribution in [2.45, 2.75) is 38.0 Å². The molecule has 0 aromatic heterocycles. The van der Waals surface area contributed by atoms with Gasteiger partial charge in [-0.3, -0.25) is 0 Å². The van der Waals surface area contributed by atoms with Crippen molar-refractivity contribution in [1.29, 1.82) is 0 Å². The van der Waals surface area contributed by atoms with Crippen molar-refractivity contribution in [1.82, 2.24) is 5.32 Å². The molecule has 1 atom stereocenters. The van der Waals surface area contributed by atoms with Gasteiger partial charge < -0.3 is 10.1 Å². The van der Waals surface area contributed by atoms with E-state index in [2.05, 4.69) is 27.3 Å². The third-order valence-corrected chi connectivity index (χ3v) is 5.10. The fourth-order valence-corrected chi connectivity index (χ4v) is 4.17. The molecular weight excluding hydrogens is 290 g/mol. The van der Waals surface area contributed by atoms with Gasteiger partial charge in [0.1, 0.15) is 5.75 Å². The first-order valence-corrected chi connectivity index (χ1v) is 7.69. The van der Waals surface area contributed by atoms with E-state index in [4.69, 9.17) is 4.74 Å². The zero-order valence-electron chi connectivity index (χ0n) is 10.9. The van der Waals surface area contributed by atoms with E-state index in [1.165, 1.54) is 53.3 Å². The van der Waals surface area contributed by atoms with Gasteiger partial charge in [-0.2, -0.15) is 0 Å². The van der Waals surface area contributed by atoms with Crippen LogP contribution in [0, 0.1) is 0 Å². The third-order valence-electron chi connectivity index (χ3n) is 4.26. The maximum absolute atomic E-state index is 5.68. The fourth-order valence-electron chi connectivity index (χ4n) is 3.32. The molecule has 1 unspecified atom stereocenters. The van der Waals surface area contributed by atoms with Crippen LogP contribution < -0.4 is 10.1 Å². The molecule has 0 spiro atoms. The van der Waals surface area contributed by atoms with Crippen molar-refractivity contribution in [2.24, 2.45) is 0 Å². The van der Waals surface area contributed by atoms with Crippen LogP contribution in [0.2, 0.25) is 0 Å². The number of benzene rings is 1. The molecule has 0 bridgehead atoms. The molecule has 1 aromatic carbocycles. The van der Waals surface area contributed by atoms with Crippen molar-refractivity contribution in [3.8, 4) is 5.75 Å². The molecule has 1 aromatic rings. The van der Waals surface area contributed by atoms with Gasteiger partial charge in [0.2, 0.25) is 0 Å². The number of hydrogen-bond acceptors (Lipinski definition) is 2. The number of ether oxygens (including phenoxy) is 1. The van der Waals surface area contributed by atoms with Crippen LogP contribution in [0.3, 0.4) is 0 Å². The minimum absolute atomic E-state index is 0.607. The van der Waals surface area contributed by atoms with Crippen molar-refractivity contribution in [3.63, 3.8) is 0 Å². The van der Waals surface area contributed by atoms with Crippen molar-refractivity contribution < 1.29 is 4.74 Å². The van der Waals surface area contributed by atoms with Crippen LogP contribution in [-0.4, -0.2) is 20.2 Å². The first-order chi connectivity index (χ1) is 8.81. The summed E-state index contributed by atoms with van der Waals surface area (Å²) >= 11 is 3.76. The zero-order valence-corrected chi connectivity index (χ0v) is 12.5. The summed E-state index contributed by atoms with van der Waals surface area (Å²) in [6.07, 6.45) is 6.24. The lowest BCUT2D eigenvalue weighted by atomic mass is 9.89. The highest BCUT2D eigenvalue weighted by molar-refractivity contribution is 9.10. The lowest BCUT2D eigenvalue weighted by Gasteiger charge is -2.26. The quantitative estimate of drug-likeness (QED) is 0.904. The summed E-state index contributed by atoms with van der Waals surface area (Å²) in [7, 11) is 1.79. The second kappa shape index (κ2) is 5.22. The van der Waals surface area contributed by atoms with E-state index in [-0.39, 0.29) is 0 Å². The SMILES string of the molecule is COc1c(C2CCCNC2)cc2c(c1Br)CCC2. The maximum atomic E-state index is 5.68.